The van der Waals surface area contributed by atoms with Gasteiger partial charge in [0.25, 0.3) is 0 Å². The van der Waals surface area contributed by atoms with Crippen LogP contribution < -0.4 is 15.1 Å². The van der Waals surface area contributed by atoms with Crippen molar-refractivity contribution in [1.82, 2.24) is 15.4 Å². The highest BCUT2D eigenvalue weighted by Gasteiger charge is 2.24. The fourth-order valence-electron chi connectivity index (χ4n) is 3.09. The first kappa shape index (κ1) is 16.4. The van der Waals surface area contributed by atoms with Gasteiger partial charge in [0.1, 0.15) is 5.75 Å². The monoisotopic (exact) mass is 339 g/mol. The van der Waals surface area contributed by atoms with Gasteiger partial charge in [0.15, 0.2) is 5.75 Å². The van der Waals surface area contributed by atoms with Gasteiger partial charge in [0.2, 0.25) is 0 Å². The molecule has 1 atom stereocenters. The first-order chi connectivity index (χ1) is 12.3. The molecule has 0 unspecified atom stereocenters. The summed E-state index contributed by atoms with van der Waals surface area (Å²) in [5.74, 6) is 1.79. The fraction of sp³-hybridized carbons (Fsp3) is 0.450. The van der Waals surface area contributed by atoms with E-state index < -0.39 is 0 Å². The number of rotatable bonds is 7. The molecule has 2 heterocycles. The third-order valence-corrected chi connectivity index (χ3v) is 4.76. The third-order valence-electron chi connectivity index (χ3n) is 4.76. The molecule has 4 rings (SSSR count). The van der Waals surface area contributed by atoms with Gasteiger partial charge >= 0.3 is 0 Å². The lowest BCUT2D eigenvalue weighted by Crippen LogP contribution is -2.35. The molecule has 25 heavy (non-hydrogen) atoms. The smallest absolute Gasteiger partial charge is 0.168 e. The van der Waals surface area contributed by atoms with Gasteiger partial charge in [0.05, 0.1) is 18.3 Å². The number of ether oxygens (including phenoxy) is 1. The summed E-state index contributed by atoms with van der Waals surface area (Å²) in [6.45, 7) is 5.05. The third kappa shape index (κ3) is 4.50. The molecule has 0 radical (unpaired) electrons. The highest BCUT2D eigenvalue weighted by Crippen LogP contribution is 2.27. The maximum atomic E-state index is 5.81. The van der Waals surface area contributed by atoms with E-state index in [1.54, 1.807) is 12.4 Å². The number of likely N-dealkylation sites (tertiary alicyclic amines) is 1. The molecular formula is C20H25N3O2. The zero-order valence-corrected chi connectivity index (χ0v) is 14.6. The van der Waals surface area contributed by atoms with Gasteiger partial charge in [-0.1, -0.05) is 12.1 Å². The molecule has 2 aromatic rings. The Morgan fingerprint density at radius 3 is 2.76 bits per heavy atom. The number of benzene rings is 1. The molecule has 0 bridgehead atoms. The molecule has 1 saturated heterocycles. The van der Waals surface area contributed by atoms with Crippen LogP contribution in [-0.2, 0) is 6.54 Å². The van der Waals surface area contributed by atoms with Crippen LogP contribution in [0.25, 0.3) is 0 Å². The van der Waals surface area contributed by atoms with Crippen LogP contribution in [0.2, 0.25) is 0 Å². The Morgan fingerprint density at radius 2 is 2.00 bits per heavy atom. The van der Waals surface area contributed by atoms with E-state index in [1.807, 2.05) is 13.0 Å². The number of hydrogen-bond donors (Lipinski definition) is 1. The van der Waals surface area contributed by atoms with Crippen LogP contribution in [0.3, 0.4) is 0 Å². The second-order valence-electron chi connectivity index (χ2n) is 7.04. The Labute approximate surface area is 148 Å². The van der Waals surface area contributed by atoms with Crippen molar-refractivity contribution >= 4 is 0 Å². The number of nitrogens with zero attached hydrogens (tertiary/aromatic N) is 2. The average molecular weight is 339 g/mol. The van der Waals surface area contributed by atoms with Crippen molar-refractivity contribution in [2.45, 2.75) is 44.9 Å². The molecule has 0 spiro atoms. The lowest BCUT2D eigenvalue weighted by molar-refractivity contribution is 0.152. The van der Waals surface area contributed by atoms with Crippen LogP contribution in [0.5, 0.6) is 11.5 Å². The number of nitrogens with one attached hydrogen (secondary N) is 1. The molecule has 1 aromatic heterocycles. The second-order valence-corrected chi connectivity index (χ2v) is 7.04. The Bertz CT molecular complexity index is 700. The molecule has 2 fully saturated rings. The largest absolute Gasteiger partial charge is 0.490 e. The number of aryl methyl sites for hydroxylation is 1. The molecular weight excluding hydrogens is 314 g/mol. The van der Waals surface area contributed by atoms with Gasteiger partial charge in [-0.2, -0.15) is 5.48 Å². The lowest BCUT2D eigenvalue weighted by atomic mass is 10.2. The minimum absolute atomic E-state index is 0.345. The summed E-state index contributed by atoms with van der Waals surface area (Å²) in [7, 11) is 0. The summed E-state index contributed by atoms with van der Waals surface area (Å²) in [4.78, 5) is 12.3. The van der Waals surface area contributed by atoms with E-state index >= 15 is 0 Å². The number of hydrogen-bond acceptors (Lipinski definition) is 5. The van der Waals surface area contributed by atoms with Crippen molar-refractivity contribution in [3.63, 3.8) is 0 Å². The molecule has 2 aliphatic rings. The van der Waals surface area contributed by atoms with E-state index in [9.17, 15) is 0 Å². The number of pyridine rings is 1. The van der Waals surface area contributed by atoms with Crippen molar-refractivity contribution < 1.29 is 9.57 Å². The van der Waals surface area contributed by atoms with Gasteiger partial charge in [0, 0.05) is 25.8 Å². The van der Waals surface area contributed by atoms with Crippen molar-refractivity contribution in [2.24, 2.45) is 0 Å². The molecule has 5 heteroatoms. The van der Waals surface area contributed by atoms with Crippen LogP contribution in [-0.4, -0.2) is 35.1 Å². The molecule has 1 saturated carbocycles. The van der Waals surface area contributed by atoms with E-state index in [4.69, 9.17) is 9.57 Å². The maximum absolute atomic E-state index is 5.81. The van der Waals surface area contributed by atoms with Gasteiger partial charge in [-0.15, -0.1) is 0 Å². The van der Waals surface area contributed by atoms with Gasteiger partial charge < -0.3 is 9.57 Å². The van der Waals surface area contributed by atoms with Crippen molar-refractivity contribution in [3.8, 4) is 11.5 Å². The molecule has 1 aliphatic heterocycles. The van der Waals surface area contributed by atoms with Gasteiger partial charge in [-0.3, -0.25) is 9.88 Å². The summed E-state index contributed by atoms with van der Waals surface area (Å²) in [6.07, 6.45) is 7.47. The predicted molar refractivity (Wildman–Crippen MR) is 96.5 cm³/mol. The van der Waals surface area contributed by atoms with Crippen molar-refractivity contribution in [2.75, 3.05) is 13.1 Å². The van der Waals surface area contributed by atoms with E-state index in [2.05, 4.69) is 39.6 Å². The molecule has 1 aromatic carbocycles. The van der Waals surface area contributed by atoms with E-state index in [0.717, 1.165) is 43.1 Å². The highest BCUT2D eigenvalue weighted by atomic mass is 16.6. The minimum atomic E-state index is 0.345. The summed E-state index contributed by atoms with van der Waals surface area (Å²) < 4.78 is 5.81. The van der Waals surface area contributed by atoms with Crippen LogP contribution in [0, 0.1) is 6.92 Å². The van der Waals surface area contributed by atoms with Gasteiger partial charge in [-0.25, -0.2) is 0 Å². The number of hydroxylamine groups is 1. The molecule has 1 aliphatic carbocycles. The predicted octanol–water partition coefficient (Wildman–Crippen LogP) is 3.09. The maximum Gasteiger partial charge on any atom is 0.168 e. The second kappa shape index (κ2) is 7.42. The van der Waals surface area contributed by atoms with Crippen LogP contribution in [0.15, 0.2) is 42.7 Å². The fourth-order valence-corrected chi connectivity index (χ4v) is 3.09. The summed E-state index contributed by atoms with van der Waals surface area (Å²) in [6, 6.07) is 10.8. The Balaban J connectivity index is 1.24. The van der Waals surface area contributed by atoms with E-state index in [-0.39, 0.29) is 0 Å². The lowest BCUT2D eigenvalue weighted by Gasteiger charge is -2.17. The van der Waals surface area contributed by atoms with Crippen LogP contribution in [0.1, 0.15) is 30.4 Å². The molecule has 5 nitrogen and oxygen atoms in total. The first-order valence-electron chi connectivity index (χ1n) is 9.07. The SMILES string of the molecule is Cc1ccncc1ON[C@@H]1CCN(Cc2ccc(OC3CC3)cc2)C1. The first-order valence-corrected chi connectivity index (χ1v) is 9.07. The number of aromatic nitrogens is 1. The summed E-state index contributed by atoms with van der Waals surface area (Å²) >= 11 is 0. The topological polar surface area (TPSA) is 46.6 Å². The van der Waals surface area contributed by atoms with Crippen molar-refractivity contribution in [3.05, 3.63) is 53.9 Å². The van der Waals surface area contributed by atoms with E-state index in [0.29, 0.717) is 12.1 Å². The Kier molecular flexibility index (Phi) is 4.85. The Hall–Kier alpha value is -2.11. The molecule has 1 N–H and O–H groups in total. The standard InChI is InChI=1S/C20H25N3O2/c1-15-8-10-21-12-20(15)25-22-17-9-11-23(14-17)13-16-2-4-18(5-3-16)24-19-6-7-19/h2-5,8,10,12,17,19,22H,6-7,9,11,13-14H2,1H3/t17-/m1/s1. The van der Waals surface area contributed by atoms with Gasteiger partial charge in [-0.05, 0) is 55.5 Å². The molecule has 132 valence electrons. The van der Waals surface area contributed by atoms with Crippen LogP contribution >= 0.6 is 0 Å². The molecule has 0 amide bonds. The Morgan fingerprint density at radius 1 is 1.16 bits per heavy atom. The normalized spacial score (nSPS) is 20.6. The zero-order chi connectivity index (χ0) is 17.1. The van der Waals surface area contributed by atoms with E-state index in [1.165, 1.54) is 18.4 Å². The van der Waals surface area contributed by atoms with Crippen molar-refractivity contribution in [1.29, 1.82) is 0 Å². The zero-order valence-electron chi connectivity index (χ0n) is 14.6. The van der Waals surface area contributed by atoms with Crippen LogP contribution in [0.4, 0.5) is 0 Å². The quantitative estimate of drug-likeness (QED) is 0.786. The highest BCUT2D eigenvalue weighted by molar-refractivity contribution is 5.28. The minimum Gasteiger partial charge on any atom is -0.490 e. The average Bonchev–Trinajstić information content (AvgIpc) is 3.33. The summed E-state index contributed by atoms with van der Waals surface area (Å²) in [5.41, 5.74) is 5.61. The summed E-state index contributed by atoms with van der Waals surface area (Å²) in [5, 5.41) is 0.